The molecule has 1 rings (SSSR count). The largest absolute Gasteiger partial charge is 0.299 e. The molecule has 0 unspecified atom stereocenters. The number of hydrogen-bond donors (Lipinski definition) is 0. The molecule has 1 nitrogen and oxygen atoms in total. The predicted octanol–water partition coefficient (Wildman–Crippen LogP) is 3.82. The van der Waals surface area contributed by atoms with E-state index in [1.54, 1.807) is 0 Å². The molecule has 15 heavy (non-hydrogen) atoms. The van der Waals surface area contributed by atoms with Gasteiger partial charge in [-0.3, -0.25) is 4.79 Å². The summed E-state index contributed by atoms with van der Waals surface area (Å²) in [5, 5.41) is 0. The smallest absolute Gasteiger partial charge is 0.139 e. The van der Waals surface area contributed by atoms with E-state index in [0.29, 0.717) is 17.6 Å². The van der Waals surface area contributed by atoms with Crippen LogP contribution in [0.2, 0.25) is 19.6 Å². The summed E-state index contributed by atoms with van der Waals surface area (Å²) in [6, 6.07) is 0. The molecule has 2 heteroatoms. The number of carbonyl (C=O) groups is 1. The van der Waals surface area contributed by atoms with Crippen molar-refractivity contribution in [2.45, 2.75) is 52.2 Å². The van der Waals surface area contributed by atoms with Crippen molar-refractivity contribution in [3.05, 3.63) is 11.8 Å². The van der Waals surface area contributed by atoms with Gasteiger partial charge < -0.3 is 0 Å². The van der Waals surface area contributed by atoms with Crippen LogP contribution < -0.4 is 0 Å². The van der Waals surface area contributed by atoms with Crippen molar-refractivity contribution in [2.75, 3.05) is 0 Å². The molecule has 1 aliphatic carbocycles. The molecule has 0 saturated heterocycles. The van der Waals surface area contributed by atoms with Crippen LogP contribution in [-0.4, -0.2) is 13.9 Å². The maximum atomic E-state index is 11.9. The van der Waals surface area contributed by atoms with Crippen LogP contribution in [0.5, 0.6) is 0 Å². The Kier molecular flexibility index (Phi) is 4.32. The van der Waals surface area contributed by atoms with Gasteiger partial charge in [0.2, 0.25) is 0 Å². The lowest BCUT2D eigenvalue weighted by molar-refractivity contribution is -0.128. The quantitative estimate of drug-likeness (QED) is 0.666. The van der Waals surface area contributed by atoms with Crippen LogP contribution in [0.15, 0.2) is 11.8 Å². The minimum absolute atomic E-state index is 0.309. The van der Waals surface area contributed by atoms with Crippen LogP contribution in [0.3, 0.4) is 0 Å². The summed E-state index contributed by atoms with van der Waals surface area (Å²) in [6.07, 6.45) is 6.69. The van der Waals surface area contributed by atoms with Gasteiger partial charge in [-0.2, -0.15) is 0 Å². The third-order valence-electron chi connectivity index (χ3n) is 3.12. The fourth-order valence-corrected chi connectivity index (χ4v) is 3.02. The second kappa shape index (κ2) is 5.11. The van der Waals surface area contributed by atoms with E-state index in [1.165, 1.54) is 6.42 Å². The molecule has 0 radical (unpaired) electrons. The summed E-state index contributed by atoms with van der Waals surface area (Å²) in [6.45, 7) is 9.06. The van der Waals surface area contributed by atoms with E-state index in [9.17, 15) is 4.79 Å². The van der Waals surface area contributed by atoms with Gasteiger partial charge in [0.25, 0.3) is 0 Å². The summed E-state index contributed by atoms with van der Waals surface area (Å²) in [7, 11) is -1.07. The van der Waals surface area contributed by atoms with Gasteiger partial charge in [0.15, 0.2) is 0 Å². The van der Waals surface area contributed by atoms with Crippen molar-refractivity contribution in [3.63, 3.8) is 0 Å². The third kappa shape index (κ3) is 4.33. The first-order valence-corrected chi connectivity index (χ1v) is 9.69. The van der Waals surface area contributed by atoms with Gasteiger partial charge in [-0.1, -0.05) is 44.8 Å². The summed E-state index contributed by atoms with van der Waals surface area (Å²) in [5.74, 6) is 1.13. The Morgan fingerprint density at radius 1 is 1.33 bits per heavy atom. The highest BCUT2D eigenvalue weighted by Gasteiger charge is 2.26. The number of allylic oxidation sites excluding steroid dienone is 1. The Labute approximate surface area is 95.0 Å². The maximum Gasteiger partial charge on any atom is 0.139 e. The first-order valence-electron chi connectivity index (χ1n) is 6.11. The molecule has 0 spiro atoms. The minimum Gasteiger partial charge on any atom is -0.299 e. The van der Waals surface area contributed by atoms with Crippen molar-refractivity contribution in [1.29, 1.82) is 0 Å². The average Bonchev–Trinajstić information content (AvgIpc) is 2.10. The monoisotopic (exact) mass is 224 g/mol. The van der Waals surface area contributed by atoms with Crippen LogP contribution in [-0.2, 0) is 4.79 Å². The number of Topliss-reactive ketones (excluding diaryl/α,β-unsaturated/α-hetero) is 1. The van der Waals surface area contributed by atoms with Gasteiger partial charge in [0.05, 0.1) is 8.07 Å². The average molecular weight is 224 g/mol. The van der Waals surface area contributed by atoms with Crippen LogP contribution in [0, 0.1) is 11.8 Å². The number of carbonyl (C=O) groups excluding carboxylic acids is 1. The highest BCUT2D eigenvalue weighted by Crippen LogP contribution is 2.27. The third-order valence-corrected chi connectivity index (χ3v) is 4.35. The summed E-state index contributed by atoms with van der Waals surface area (Å²) >= 11 is 0. The molecule has 0 aromatic carbocycles. The first kappa shape index (κ1) is 12.7. The van der Waals surface area contributed by atoms with Crippen molar-refractivity contribution in [2.24, 2.45) is 11.8 Å². The van der Waals surface area contributed by atoms with Crippen molar-refractivity contribution >= 4 is 13.9 Å². The highest BCUT2D eigenvalue weighted by molar-refractivity contribution is 6.80. The minimum atomic E-state index is -1.07. The fraction of sp³-hybridized carbons (Fsp3) is 0.769. The van der Waals surface area contributed by atoms with E-state index >= 15 is 0 Å². The first-order chi connectivity index (χ1) is 6.90. The van der Waals surface area contributed by atoms with E-state index in [0.717, 1.165) is 19.3 Å². The number of hydrogen-bond acceptors (Lipinski definition) is 1. The molecule has 0 aromatic rings. The van der Waals surface area contributed by atoms with Crippen molar-refractivity contribution < 1.29 is 4.79 Å². The van der Waals surface area contributed by atoms with Gasteiger partial charge in [-0.05, 0) is 19.3 Å². The molecule has 0 heterocycles. The Morgan fingerprint density at radius 3 is 2.60 bits per heavy atom. The van der Waals surface area contributed by atoms with Gasteiger partial charge >= 0.3 is 0 Å². The lowest BCUT2D eigenvalue weighted by atomic mass is 9.80. The van der Waals surface area contributed by atoms with Gasteiger partial charge in [-0.15, -0.1) is 0 Å². The normalized spacial score (nSPS) is 28.7. The Bertz CT molecular complexity index is 250. The molecule has 1 aliphatic rings. The van der Waals surface area contributed by atoms with Crippen LogP contribution in [0.25, 0.3) is 0 Å². The number of rotatable bonds is 3. The predicted molar refractivity (Wildman–Crippen MR) is 68.6 cm³/mol. The van der Waals surface area contributed by atoms with Crippen LogP contribution in [0.1, 0.15) is 32.6 Å². The molecule has 0 bridgehead atoms. The molecule has 0 amide bonds. The lowest BCUT2D eigenvalue weighted by Crippen LogP contribution is -2.26. The van der Waals surface area contributed by atoms with E-state index in [2.05, 4.69) is 38.3 Å². The van der Waals surface area contributed by atoms with Crippen molar-refractivity contribution in [3.8, 4) is 0 Å². The topological polar surface area (TPSA) is 17.1 Å². The zero-order valence-corrected chi connectivity index (χ0v) is 11.5. The summed E-state index contributed by atoms with van der Waals surface area (Å²) in [4.78, 5) is 11.9. The van der Waals surface area contributed by atoms with E-state index in [4.69, 9.17) is 0 Å². The van der Waals surface area contributed by atoms with Crippen LogP contribution >= 0.6 is 0 Å². The van der Waals surface area contributed by atoms with E-state index in [-0.39, 0.29) is 0 Å². The summed E-state index contributed by atoms with van der Waals surface area (Å²) < 4.78 is 0. The van der Waals surface area contributed by atoms with Crippen molar-refractivity contribution in [1.82, 2.24) is 0 Å². The maximum absolute atomic E-state index is 11.9. The van der Waals surface area contributed by atoms with Gasteiger partial charge in [0.1, 0.15) is 5.78 Å². The molecule has 0 aliphatic heterocycles. The summed E-state index contributed by atoms with van der Waals surface area (Å²) in [5.41, 5.74) is 2.36. The Hall–Kier alpha value is -0.373. The molecule has 86 valence electrons. The van der Waals surface area contributed by atoms with E-state index < -0.39 is 8.07 Å². The standard InChI is InChI=1S/C13H24OSi/c1-11-7-5-8-12(13(11)14)9-6-10-15(2,3)4/h6,10-12H,5,7-9H2,1-4H3/t11-,12+/m0/s1. The molecule has 1 fully saturated rings. The Balaban J connectivity index is 2.45. The fourth-order valence-electron chi connectivity index (χ4n) is 2.18. The second-order valence-electron chi connectivity index (χ2n) is 5.94. The number of ketones is 1. The zero-order valence-electron chi connectivity index (χ0n) is 10.5. The highest BCUT2D eigenvalue weighted by atomic mass is 28.3. The molecule has 0 aromatic heterocycles. The molecule has 2 atom stereocenters. The van der Waals surface area contributed by atoms with Gasteiger partial charge in [0, 0.05) is 11.8 Å². The van der Waals surface area contributed by atoms with E-state index in [1.807, 2.05) is 0 Å². The van der Waals surface area contributed by atoms with Gasteiger partial charge in [-0.25, -0.2) is 0 Å². The molecule has 0 N–H and O–H groups in total. The molecule has 1 saturated carbocycles. The SMILES string of the molecule is C[C@H]1CCC[C@H](CC=C[Si](C)(C)C)C1=O. The lowest BCUT2D eigenvalue weighted by Gasteiger charge is -2.24. The second-order valence-corrected chi connectivity index (χ2v) is 11.0. The molecular formula is C13H24OSi. The Morgan fingerprint density at radius 2 is 2.00 bits per heavy atom. The van der Waals surface area contributed by atoms with Crippen LogP contribution in [0.4, 0.5) is 0 Å². The molecular weight excluding hydrogens is 200 g/mol. The zero-order chi connectivity index (χ0) is 11.5.